The zero-order chi connectivity index (χ0) is 5.61. The van der Waals surface area contributed by atoms with Gasteiger partial charge < -0.3 is 4.74 Å². The van der Waals surface area contributed by atoms with E-state index >= 15 is 0 Å². The van der Waals surface area contributed by atoms with Crippen LogP contribution in [0.5, 0.6) is 0 Å². The summed E-state index contributed by atoms with van der Waals surface area (Å²) in [6, 6.07) is 0. The van der Waals surface area contributed by atoms with Crippen molar-refractivity contribution in [2.45, 2.75) is 31.0 Å². The van der Waals surface area contributed by atoms with Gasteiger partial charge >= 0.3 is 0 Å². The second kappa shape index (κ2) is 1.48. The number of rotatable bonds is 1. The molecule has 0 radical (unpaired) electrons. The SMILES string of the molecule is BrCC1OC12CCC2. The van der Waals surface area contributed by atoms with E-state index < -0.39 is 0 Å². The minimum atomic E-state index is 0.392. The summed E-state index contributed by atoms with van der Waals surface area (Å²) in [6.07, 6.45) is 4.56. The third kappa shape index (κ3) is 0.504. The maximum atomic E-state index is 5.44. The van der Waals surface area contributed by atoms with E-state index in [9.17, 15) is 0 Å². The van der Waals surface area contributed by atoms with Crippen LogP contribution < -0.4 is 0 Å². The minimum absolute atomic E-state index is 0.392. The maximum Gasteiger partial charge on any atom is 0.0970 e. The molecule has 0 aromatic heterocycles. The molecular weight excluding hydrogens is 168 g/mol. The first-order chi connectivity index (χ1) is 3.87. The van der Waals surface area contributed by atoms with Crippen molar-refractivity contribution in [3.8, 4) is 0 Å². The molecule has 0 amide bonds. The monoisotopic (exact) mass is 176 g/mol. The molecular formula is C6H9BrO. The van der Waals surface area contributed by atoms with Gasteiger partial charge in [0.1, 0.15) is 0 Å². The van der Waals surface area contributed by atoms with Crippen LogP contribution >= 0.6 is 15.9 Å². The normalized spacial score (nSPS) is 39.4. The van der Waals surface area contributed by atoms with Crippen molar-refractivity contribution in [1.29, 1.82) is 0 Å². The summed E-state index contributed by atoms with van der Waals surface area (Å²) in [5.41, 5.74) is 0.392. The highest BCUT2D eigenvalue weighted by atomic mass is 79.9. The molecule has 0 aromatic carbocycles. The lowest BCUT2D eigenvalue weighted by Crippen LogP contribution is -2.24. The van der Waals surface area contributed by atoms with Crippen LogP contribution in [0.2, 0.25) is 0 Å². The zero-order valence-electron chi connectivity index (χ0n) is 4.69. The first-order valence-electron chi connectivity index (χ1n) is 3.11. The summed E-state index contributed by atoms with van der Waals surface area (Å²) in [5, 5.41) is 1.03. The van der Waals surface area contributed by atoms with Crippen molar-refractivity contribution in [1.82, 2.24) is 0 Å². The van der Waals surface area contributed by atoms with Crippen LogP contribution in [0.15, 0.2) is 0 Å². The van der Waals surface area contributed by atoms with E-state index in [2.05, 4.69) is 15.9 Å². The molecule has 0 N–H and O–H groups in total. The Morgan fingerprint density at radius 1 is 1.62 bits per heavy atom. The van der Waals surface area contributed by atoms with Gasteiger partial charge in [0.2, 0.25) is 0 Å². The quantitative estimate of drug-likeness (QED) is 0.438. The van der Waals surface area contributed by atoms with E-state index in [1.165, 1.54) is 19.3 Å². The predicted octanol–water partition coefficient (Wildman–Crippen LogP) is 1.70. The maximum absolute atomic E-state index is 5.44. The second-order valence-electron chi connectivity index (χ2n) is 2.68. The first-order valence-corrected chi connectivity index (χ1v) is 4.23. The number of hydrogen-bond donors (Lipinski definition) is 0. The Morgan fingerprint density at radius 3 is 2.50 bits per heavy atom. The molecule has 1 unspecified atom stereocenters. The fourth-order valence-corrected chi connectivity index (χ4v) is 2.11. The predicted molar refractivity (Wildman–Crippen MR) is 35.2 cm³/mol. The van der Waals surface area contributed by atoms with Crippen LogP contribution in [0, 0.1) is 0 Å². The van der Waals surface area contributed by atoms with Crippen molar-refractivity contribution < 1.29 is 4.74 Å². The van der Waals surface area contributed by atoms with E-state index in [1.54, 1.807) is 0 Å². The fourth-order valence-electron chi connectivity index (χ4n) is 1.39. The highest BCUT2D eigenvalue weighted by molar-refractivity contribution is 9.09. The van der Waals surface area contributed by atoms with Crippen molar-refractivity contribution in [2.24, 2.45) is 0 Å². The molecule has 0 aromatic rings. The largest absolute Gasteiger partial charge is 0.365 e. The molecule has 2 rings (SSSR count). The molecule has 46 valence electrons. The Kier molecular flexibility index (Phi) is 0.970. The Bertz CT molecular complexity index is 109. The van der Waals surface area contributed by atoms with Gasteiger partial charge in [0.05, 0.1) is 11.7 Å². The lowest BCUT2D eigenvalue weighted by atomic mass is 9.83. The van der Waals surface area contributed by atoms with Gasteiger partial charge in [0.15, 0.2) is 0 Å². The van der Waals surface area contributed by atoms with Crippen LogP contribution in [0.3, 0.4) is 0 Å². The fraction of sp³-hybridized carbons (Fsp3) is 1.00. The van der Waals surface area contributed by atoms with Crippen LogP contribution in [0.4, 0.5) is 0 Å². The molecule has 1 heterocycles. The Labute approximate surface area is 57.5 Å². The molecule has 0 bridgehead atoms. The van der Waals surface area contributed by atoms with Crippen LogP contribution in [0.1, 0.15) is 19.3 Å². The molecule has 1 nitrogen and oxygen atoms in total. The lowest BCUT2D eigenvalue weighted by Gasteiger charge is -2.21. The molecule has 1 saturated carbocycles. The second-order valence-corrected chi connectivity index (χ2v) is 3.33. The average molecular weight is 177 g/mol. The number of alkyl halides is 1. The van der Waals surface area contributed by atoms with Gasteiger partial charge in [-0.25, -0.2) is 0 Å². The average Bonchev–Trinajstić information content (AvgIpc) is 2.36. The minimum Gasteiger partial charge on any atom is -0.365 e. The van der Waals surface area contributed by atoms with E-state index in [4.69, 9.17) is 4.74 Å². The number of epoxide rings is 1. The highest BCUT2D eigenvalue weighted by Gasteiger charge is 2.59. The molecule has 2 fully saturated rings. The molecule has 2 heteroatoms. The van der Waals surface area contributed by atoms with Gasteiger partial charge in [0, 0.05) is 5.33 Å². The van der Waals surface area contributed by atoms with Gasteiger partial charge in [-0.15, -0.1) is 0 Å². The summed E-state index contributed by atoms with van der Waals surface area (Å²) in [4.78, 5) is 0. The number of halogens is 1. The topological polar surface area (TPSA) is 12.5 Å². The molecule has 8 heavy (non-hydrogen) atoms. The number of hydrogen-bond acceptors (Lipinski definition) is 1. The van der Waals surface area contributed by atoms with Crippen molar-refractivity contribution >= 4 is 15.9 Å². The van der Waals surface area contributed by atoms with Crippen LogP contribution in [-0.4, -0.2) is 17.0 Å². The molecule has 2 aliphatic rings. The Morgan fingerprint density at radius 2 is 2.38 bits per heavy atom. The third-order valence-corrected chi connectivity index (χ3v) is 2.83. The van der Waals surface area contributed by atoms with Gasteiger partial charge in [-0.1, -0.05) is 15.9 Å². The molecule has 1 spiro atoms. The molecule has 1 aliphatic heterocycles. The van der Waals surface area contributed by atoms with Crippen LogP contribution in [-0.2, 0) is 4.74 Å². The highest BCUT2D eigenvalue weighted by Crippen LogP contribution is 2.52. The molecule has 1 aliphatic carbocycles. The Balaban J connectivity index is 1.93. The van der Waals surface area contributed by atoms with Gasteiger partial charge in [-0.2, -0.15) is 0 Å². The van der Waals surface area contributed by atoms with Crippen molar-refractivity contribution in [2.75, 3.05) is 5.33 Å². The van der Waals surface area contributed by atoms with E-state index in [1.807, 2.05) is 0 Å². The number of ether oxygens (including phenoxy) is 1. The molecule has 1 saturated heterocycles. The summed E-state index contributed by atoms with van der Waals surface area (Å²) < 4.78 is 5.44. The Hall–Kier alpha value is 0.440. The standard InChI is InChI=1S/C6H9BrO/c7-4-5-6(8-5)2-1-3-6/h5H,1-4H2. The van der Waals surface area contributed by atoms with E-state index in [0.29, 0.717) is 11.7 Å². The lowest BCUT2D eigenvalue weighted by molar-refractivity contribution is 0.198. The van der Waals surface area contributed by atoms with Crippen molar-refractivity contribution in [3.05, 3.63) is 0 Å². The van der Waals surface area contributed by atoms with Gasteiger partial charge in [-0.05, 0) is 19.3 Å². The van der Waals surface area contributed by atoms with E-state index in [0.717, 1.165) is 5.33 Å². The van der Waals surface area contributed by atoms with Crippen molar-refractivity contribution in [3.63, 3.8) is 0 Å². The summed E-state index contributed by atoms with van der Waals surface area (Å²) in [5.74, 6) is 0. The van der Waals surface area contributed by atoms with E-state index in [-0.39, 0.29) is 0 Å². The van der Waals surface area contributed by atoms with Crippen LogP contribution in [0.25, 0.3) is 0 Å². The third-order valence-electron chi connectivity index (χ3n) is 2.25. The zero-order valence-corrected chi connectivity index (χ0v) is 6.28. The summed E-state index contributed by atoms with van der Waals surface area (Å²) in [6.45, 7) is 0. The smallest absolute Gasteiger partial charge is 0.0970 e. The molecule has 1 atom stereocenters. The van der Waals surface area contributed by atoms with Gasteiger partial charge in [0.25, 0.3) is 0 Å². The summed E-state index contributed by atoms with van der Waals surface area (Å²) >= 11 is 3.40. The summed E-state index contributed by atoms with van der Waals surface area (Å²) in [7, 11) is 0. The first kappa shape index (κ1) is 5.24. The van der Waals surface area contributed by atoms with Gasteiger partial charge in [-0.3, -0.25) is 0 Å².